The molecule has 1 aromatic carbocycles. The van der Waals surface area contributed by atoms with Crippen molar-refractivity contribution >= 4 is 17.5 Å². The van der Waals surface area contributed by atoms with E-state index < -0.39 is 30.5 Å². The number of alkyl halides is 3. The Balaban J connectivity index is 1.04. The Morgan fingerprint density at radius 2 is 1.97 bits per heavy atom. The number of hydrogen-bond acceptors (Lipinski definition) is 5. The van der Waals surface area contributed by atoms with Gasteiger partial charge in [0.25, 0.3) is 5.91 Å². The Morgan fingerprint density at radius 1 is 1.26 bits per heavy atom. The average Bonchev–Trinajstić information content (AvgIpc) is 3.15. The highest BCUT2D eigenvalue weighted by molar-refractivity contribution is 6.30. The van der Waals surface area contributed by atoms with Gasteiger partial charge in [0.05, 0.1) is 34.8 Å². The summed E-state index contributed by atoms with van der Waals surface area (Å²) in [6.45, 7) is 0. The number of ether oxygens (including phenoxy) is 2. The molecule has 2 heterocycles. The number of nitrogens with one attached hydrogen (secondary N) is 1. The summed E-state index contributed by atoms with van der Waals surface area (Å²) in [5.41, 5.74) is 0.571. The first kappa shape index (κ1) is 23.1. The van der Waals surface area contributed by atoms with Gasteiger partial charge in [0.1, 0.15) is 11.6 Å². The van der Waals surface area contributed by atoms with Gasteiger partial charge in [-0.25, -0.2) is 9.37 Å². The third-order valence-corrected chi connectivity index (χ3v) is 8.05. The summed E-state index contributed by atoms with van der Waals surface area (Å²) in [4.78, 5) is 17.3. The normalized spacial score (nSPS) is 35.1. The molecule has 0 spiro atoms. The average molecular weight is 516 g/mol. The largest absolute Gasteiger partial charge is 0.522 e. The van der Waals surface area contributed by atoms with Crippen LogP contribution in [0.1, 0.15) is 61.8 Å². The van der Waals surface area contributed by atoms with Crippen LogP contribution < -0.4 is 10.1 Å². The van der Waals surface area contributed by atoms with Gasteiger partial charge < -0.3 is 19.7 Å². The van der Waals surface area contributed by atoms with Crippen LogP contribution in [0.2, 0.25) is 5.02 Å². The maximum absolute atomic E-state index is 13.8. The standard InChI is InChI=1S/C23H22ClF4N3O4/c24-14-3-13-17(32)5-19(34-18(13)4-15(14)25)20(33)30-21-7-22(8-21,9-21)31-6-16(29-10-31)11-1-12(2-11)35-23(26,27)28/h3-4,6,10-12,17,19,32H,1-2,5,7-9H2,(H,30,33)/t11?,12?,17-,19-,21?,22?/m1/s1. The van der Waals surface area contributed by atoms with Crippen molar-refractivity contribution in [1.82, 2.24) is 14.9 Å². The van der Waals surface area contributed by atoms with Crippen LogP contribution in [0.3, 0.4) is 0 Å². The predicted molar refractivity (Wildman–Crippen MR) is 113 cm³/mol. The lowest BCUT2D eigenvalue weighted by Crippen LogP contribution is -2.79. The zero-order chi connectivity index (χ0) is 24.8. The van der Waals surface area contributed by atoms with Crippen LogP contribution in [0.5, 0.6) is 5.75 Å². The van der Waals surface area contributed by atoms with Gasteiger partial charge in [-0.15, -0.1) is 13.2 Å². The minimum absolute atomic E-state index is 0.0351. The summed E-state index contributed by atoms with van der Waals surface area (Å²) < 4.78 is 62.5. The quantitative estimate of drug-likeness (QED) is 0.586. The zero-order valence-electron chi connectivity index (χ0n) is 18.3. The van der Waals surface area contributed by atoms with E-state index in [-0.39, 0.29) is 52.9 Å². The van der Waals surface area contributed by atoms with Crippen LogP contribution >= 0.6 is 11.6 Å². The lowest BCUT2D eigenvalue weighted by molar-refractivity contribution is -0.351. The summed E-state index contributed by atoms with van der Waals surface area (Å²) in [5, 5.41) is 13.3. The number of rotatable bonds is 5. The number of halogens is 5. The Hall–Kier alpha value is -2.37. The van der Waals surface area contributed by atoms with Crippen LogP contribution in [-0.4, -0.2) is 44.7 Å². The van der Waals surface area contributed by atoms with Crippen molar-refractivity contribution in [2.75, 3.05) is 0 Å². The Bertz CT molecular complexity index is 1180. The Morgan fingerprint density at radius 3 is 2.66 bits per heavy atom. The molecule has 2 N–H and O–H groups in total. The van der Waals surface area contributed by atoms with E-state index >= 15 is 0 Å². The van der Waals surface area contributed by atoms with Gasteiger partial charge >= 0.3 is 6.36 Å². The van der Waals surface area contributed by atoms with Crippen molar-refractivity contribution in [3.63, 3.8) is 0 Å². The third kappa shape index (κ3) is 3.88. The lowest BCUT2D eigenvalue weighted by atomic mass is 9.44. The van der Waals surface area contributed by atoms with E-state index in [1.54, 1.807) is 6.33 Å². The molecule has 12 heteroatoms. The van der Waals surface area contributed by atoms with E-state index in [4.69, 9.17) is 16.3 Å². The first-order chi connectivity index (χ1) is 16.4. The van der Waals surface area contributed by atoms with Gasteiger partial charge in [-0.05, 0) is 38.2 Å². The fraction of sp³-hybridized carbons (Fsp3) is 0.565. The van der Waals surface area contributed by atoms with Gasteiger partial charge in [-0.1, -0.05) is 11.6 Å². The van der Waals surface area contributed by atoms with E-state index in [1.807, 2.05) is 10.8 Å². The molecule has 2 atom stereocenters. The maximum Gasteiger partial charge on any atom is 0.522 e. The highest BCUT2D eigenvalue weighted by Crippen LogP contribution is 2.65. The minimum Gasteiger partial charge on any atom is -0.480 e. The van der Waals surface area contributed by atoms with Crippen molar-refractivity contribution in [1.29, 1.82) is 0 Å². The molecule has 4 fully saturated rings. The SMILES string of the molecule is O=C(NC12CC(n3cnc(C4CC(OC(F)(F)F)C4)c3)(C1)C2)[C@H]1C[C@@H](O)c2cc(Cl)c(F)cc2O1. The molecule has 1 amide bonds. The van der Waals surface area contributed by atoms with Crippen LogP contribution in [-0.2, 0) is 15.1 Å². The zero-order valence-corrected chi connectivity index (χ0v) is 19.1. The first-order valence-corrected chi connectivity index (χ1v) is 11.8. The van der Waals surface area contributed by atoms with E-state index in [9.17, 15) is 27.5 Å². The molecule has 0 radical (unpaired) electrons. The second-order valence-electron chi connectivity index (χ2n) is 10.2. The molecule has 4 saturated carbocycles. The van der Waals surface area contributed by atoms with E-state index in [2.05, 4.69) is 15.0 Å². The first-order valence-electron chi connectivity index (χ1n) is 11.4. The molecule has 0 saturated heterocycles. The van der Waals surface area contributed by atoms with Crippen molar-refractivity contribution in [3.05, 3.63) is 46.8 Å². The molecule has 1 aromatic heterocycles. The summed E-state index contributed by atoms with van der Waals surface area (Å²) in [6.07, 6.45) is -1.09. The van der Waals surface area contributed by atoms with Crippen molar-refractivity contribution in [2.24, 2.45) is 0 Å². The van der Waals surface area contributed by atoms with Gasteiger partial charge in [0.2, 0.25) is 0 Å². The van der Waals surface area contributed by atoms with Crippen molar-refractivity contribution < 1.29 is 36.9 Å². The molecule has 2 aromatic rings. The second kappa shape index (κ2) is 7.57. The van der Waals surface area contributed by atoms with Gasteiger partial charge in [0.15, 0.2) is 6.10 Å². The Labute approximate surface area is 202 Å². The van der Waals surface area contributed by atoms with Gasteiger partial charge in [-0.3, -0.25) is 9.53 Å². The molecule has 5 aliphatic rings. The molecule has 7 nitrogen and oxygen atoms in total. The maximum atomic E-state index is 13.8. The number of aliphatic hydroxyl groups is 1. The van der Waals surface area contributed by atoms with E-state index in [1.165, 1.54) is 6.07 Å². The summed E-state index contributed by atoms with van der Waals surface area (Å²) in [7, 11) is 0. The highest BCUT2D eigenvalue weighted by Gasteiger charge is 2.70. The van der Waals surface area contributed by atoms with Crippen LogP contribution in [0.4, 0.5) is 17.6 Å². The molecule has 2 bridgehead atoms. The minimum atomic E-state index is -4.62. The van der Waals surface area contributed by atoms with Crippen LogP contribution in [0.15, 0.2) is 24.7 Å². The second-order valence-corrected chi connectivity index (χ2v) is 10.7. The molecule has 4 aliphatic carbocycles. The van der Waals surface area contributed by atoms with Crippen molar-refractivity contribution in [3.8, 4) is 5.75 Å². The molecule has 7 rings (SSSR count). The van der Waals surface area contributed by atoms with Crippen molar-refractivity contribution in [2.45, 2.75) is 80.2 Å². The topological polar surface area (TPSA) is 85.6 Å². The number of hydrogen-bond donors (Lipinski definition) is 2. The number of aliphatic hydroxyl groups excluding tert-OH is 1. The Kier molecular flexibility index (Phi) is 4.98. The number of fused-ring (bicyclic) bond motifs is 1. The monoisotopic (exact) mass is 515 g/mol. The fourth-order valence-electron chi connectivity index (χ4n) is 5.98. The molecular formula is C23H22ClF4N3O4. The smallest absolute Gasteiger partial charge is 0.480 e. The molecular weight excluding hydrogens is 494 g/mol. The summed E-state index contributed by atoms with van der Waals surface area (Å²) in [5.74, 6) is -1.01. The van der Waals surface area contributed by atoms with Crippen LogP contribution in [0, 0.1) is 5.82 Å². The summed E-state index contributed by atoms with van der Waals surface area (Å²) >= 11 is 5.78. The lowest BCUT2D eigenvalue weighted by Gasteiger charge is -2.70. The highest BCUT2D eigenvalue weighted by atomic mass is 35.5. The van der Waals surface area contributed by atoms with E-state index in [0.29, 0.717) is 24.8 Å². The van der Waals surface area contributed by atoms with Crippen LogP contribution in [0.25, 0.3) is 0 Å². The number of carbonyl (C=O) groups excluding carboxylic acids is 1. The van der Waals surface area contributed by atoms with E-state index in [0.717, 1.165) is 11.8 Å². The molecule has 1 aliphatic heterocycles. The number of aromatic nitrogens is 2. The number of nitrogens with zero attached hydrogens (tertiary/aromatic N) is 2. The summed E-state index contributed by atoms with van der Waals surface area (Å²) in [6, 6.07) is 2.38. The van der Waals surface area contributed by atoms with Gasteiger partial charge in [-0.2, -0.15) is 0 Å². The number of imidazole rings is 1. The molecule has 0 unspecified atom stereocenters. The predicted octanol–water partition coefficient (Wildman–Crippen LogP) is 4.09. The molecule has 35 heavy (non-hydrogen) atoms. The number of benzene rings is 1. The fourth-order valence-corrected chi connectivity index (χ4v) is 6.15. The third-order valence-electron chi connectivity index (χ3n) is 7.77. The van der Waals surface area contributed by atoms with Gasteiger partial charge in [0, 0.05) is 35.7 Å². The molecule has 188 valence electrons. The number of amides is 1. The number of carbonyl (C=O) groups is 1.